The third-order valence-corrected chi connectivity index (χ3v) is 3.35. The molecule has 25 heavy (non-hydrogen) atoms. The fraction of sp³-hybridized carbons (Fsp3) is 0.471. The lowest BCUT2D eigenvalue weighted by atomic mass is 10.2. The molecule has 2 rings (SSSR count). The van der Waals surface area contributed by atoms with Gasteiger partial charge in [-0.2, -0.15) is 5.10 Å². The maximum absolute atomic E-state index is 5.31. The number of ether oxygens (including phenoxy) is 2. The van der Waals surface area contributed by atoms with Crippen LogP contribution in [0.3, 0.4) is 0 Å². The minimum absolute atomic E-state index is 0.410. The zero-order valence-electron chi connectivity index (χ0n) is 15.0. The summed E-state index contributed by atoms with van der Waals surface area (Å²) in [5.41, 5.74) is 0.925. The summed E-state index contributed by atoms with van der Waals surface area (Å²) in [6.07, 6.45) is 0. The molecule has 0 aliphatic rings. The van der Waals surface area contributed by atoms with Crippen LogP contribution in [0.2, 0.25) is 0 Å². The summed E-state index contributed by atoms with van der Waals surface area (Å²) >= 11 is 0. The van der Waals surface area contributed by atoms with Crippen molar-refractivity contribution in [2.75, 3.05) is 33.4 Å². The fourth-order valence-electron chi connectivity index (χ4n) is 2.12. The van der Waals surface area contributed by atoms with Gasteiger partial charge in [0.1, 0.15) is 18.1 Å². The van der Waals surface area contributed by atoms with E-state index in [4.69, 9.17) is 9.47 Å². The Labute approximate surface area is 148 Å². The van der Waals surface area contributed by atoms with Gasteiger partial charge in [0.15, 0.2) is 11.8 Å². The Kier molecular flexibility index (Phi) is 7.71. The van der Waals surface area contributed by atoms with Crippen LogP contribution >= 0.6 is 0 Å². The van der Waals surface area contributed by atoms with Gasteiger partial charge in [-0.05, 0) is 38.1 Å². The standard InChI is InChI=1S/C17H26N6O2/c1-4-18-17(19-10-11-25-5-2)20-12-15-21-16(23-22-15)13-6-8-14(24-3)9-7-13/h6-9H,4-5,10-12H2,1-3H3,(H2,18,19,20)(H,21,22,23). The number of H-pyrrole nitrogens is 1. The summed E-state index contributed by atoms with van der Waals surface area (Å²) in [7, 11) is 1.64. The molecule has 0 saturated carbocycles. The number of methoxy groups -OCH3 is 1. The van der Waals surface area contributed by atoms with Crippen LogP contribution in [0.4, 0.5) is 0 Å². The summed E-state index contributed by atoms with van der Waals surface area (Å²) in [4.78, 5) is 8.98. The van der Waals surface area contributed by atoms with Gasteiger partial charge in [-0.25, -0.2) is 9.98 Å². The molecular weight excluding hydrogens is 320 g/mol. The zero-order chi connectivity index (χ0) is 17.9. The van der Waals surface area contributed by atoms with Gasteiger partial charge in [0.2, 0.25) is 0 Å². The minimum atomic E-state index is 0.410. The van der Waals surface area contributed by atoms with Gasteiger partial charge in [-0.1, -0.05) is 0 Å². The number of hydrogen-bond acceptors (Lipinski definition) is 5. The smallest absolute Gasteiger partial charge is 0.191 e. The second-order valence-electron chi connectivity index (χ2n) is 5.15. The van der Waals surface area contributed by atoms with E-state index in [1.807, 2.05) is 38.1 Å². The number of nitrogens with zero attached hydrogens (tertiary/aromatic N) is 3. The van der Waals surface area contributed by atoms with Crippen LogP contribution < -0.4 is 15.4 Å². The maximum Gasteiger partial charge on any atom is 0.191 e. The normalized spacial score (nSPS) is 11.4. The Morgan fingerprint density at radius 1 is 1.20 bits per heavy atom. The first-order valence-corrected chi connectivity index (χ1v) is 8.42. The predicted octanol–water partition coefficient (Wildman–Crippen LogP) is 1.57. The Hall–Kier alpha value is -2.61. The van der Waals surface area contributed by atoms with Crippen molar-refractivity contribution in [3.05, 3.63) is 30.1 Å². The second-order valence-corrected chi connectivity index (χ2v) is 5.15. The largest absolute Gasteiger partial charge is 0.497 e. The molecule has 8 nitrogen and oxygen atoms in total. The molecule has 0 spiro atoms. The molecule has 136 valence electrons. The van der Waals surface area contributed by atoms with Crippen molar-refractivity contribution in [1.29, 1.82) is 0 Å². The van der Waals surface area contributed by atoms with Gasteiger partial charge in [-0.3, -0.25) is 5.10 Å². The molecule has 1 aromatic carbocycles. The fourth-order valence-corrected chi connectivity index (χ4v) is 2.12. The molecule has 1 aromatic heterocycles. The van der Waals surface area contributed by atoms with Crippen molar-refractivity contribution in [1.82, 2.24) is 25.8 Å². The zero-order valence-corrected chi connectivity index (χ0v) is 15.0. The lowest BCUT2D eigenvalue weighted by molar-refractivity contribution is 0.152. The van der Waals surface area contributed by atoms with Crippen molar-refractivity contribution in [3.8, 4) is 17.1 Å². The van der Waals surface area contributed by atoms with Crippen molar-refractivity contribution < 1.29 is 9.47 Å². The number of aromatic nitrogens is 3. The first kappa shape index (κ1) is 18.7. The number of hydrogen-bond donors (Lipinski definition) is 3. The topological polar surface area (TPSA) is 96.5 Å². The van der Waals surface area contributed by atoms with Gasteiger partial charge in [0.05, 0.1) is 13.7 Å². The van der Waals surface area contributed by atoms with Gasteiger partial charge < -0.3 is 20.1 Å². The molecule has 0 amide bonds. The molecule has 0 bridgehead atoms. The minimum Gasteiger partial charge on any atom is -0.497 e. The first-order valence-electron chi connectivity index (χ1n) is 8.42. The third-order valence-electron chi connectivity index (χ3n) is 3.35. The van der Waals surface area contributed by atoms with E-state index < -0.39 is 0 Å². The Morgan fingerprint density at radius 2 is 2.00 bits per heavy atom. The van der Waals surface area contributed by atoms with Crippen LogP contribution in [0.25, 0.3) is 11.4 Å². The summed E-state index contributed by atoms with van der Waals surface area (Å²) in [6, 6.07) is 7.62. The van der Waals surface area contributed by atoms with Crippen molar-refractivity contribution in [2.45, 2.75) is 20.4 Å². The van der Waals surface area contributed by atoms with E-state index in [9.17, 15) is 0 Å². The highest BCUT2D eigenvalue weighted by Gasteiger charge is 2.06. The Bertz CT molecular complexity index is 653. The maximum atomic E-state index is 5.31. The first-order chi connectivity index (χ1) is 12.3. The molecule has 0 aliphatic carbocycles. The monoisotopic (exact) mass is 346 g/mol. The third kappa shape index (κ3) is 6.07. The molecule has 0 unspecified atom stereocenters. The molecule has 3 N–H and O–H groups in total. The lowest BCUT2D eigenvalue weighted by Crippen LogP contribution is -2.39. The predicted molar refractivity (Wildman–Crippen MR) is 97.7 cm³/mol. The van der Waals surface area contributed by atoms with E-state index >= 15 is 0 Å². The second kappa shape index (κ2) is 10.3. The van der Waals surface area contributed by atoms with Gasteiger partial charge >= 0.3 is 0 Å². The van der Waals surface area contributed by atoms with Crippen molar-refractivity contribution >= 4 is 5.96 Å². The summed E-state index contributed by atoms with van der Waals surface area (Å²) in [5, 5.41) is 13.6. The average molecular weight is 346 g/mol. The lowest BCUT2D eigenvalue weighted by Gasteiger charge is -2.10. The van der Waals surface area contributed by atoms with Crippen LogP contribution in [-0.2, 0) is 11.3 Å². The SMILES string of the molecule is CCNC(=NCc1nc(-c2ccc(OC)cc2)n[nH]1)NCCOCC. The molecule has 0 saturated heterocycles. The van der Waals surface area contributed by atoms with Crippen LogP contribution in [-0.4, -0.2) is 54.6 Å². The van der Waals surface area contributed by atoms with Crippen LogP contribution in [0.1, 0.15) is 19.7 Å². The van der Waals surface area contributed by atoms with E-state index in [0.29, 0.717) is 38.0 Å². The van der Waals surface area contributed by atoms with Crippen LogP contribution in [0, 0.1) is 0 Å². The van der Waals surface area contributed by atoms with E-state index in [2.05, 4.69) is 30.8 Å². The van der Waals surface area contributed by atoms with E-state index in [1.165, 1.54) is 0 Å². The van der Waals surface area contributed by atoms with E-state index in [0.717, 1.165) is 23.8 Å². The Balaban J connectivity index is 1.95. The summed E-state index contributed by atoms with van der Waals surface area (Å²) in [5.74, 6) is 2.87. The van der Waals surface area contributed by atoms with Gasteiger partial charge in [0.25, 0.3) is 0 Å². The number of rotatable bonds is 9. The van der Waals surface area contributed by atoms with Crippen molar-refractivity contribution in [3.63, 3.8) is 0 Å². The highest BCUT2D eigenvalue weighted by molar-refractivity contribution is 5.79. The van der Waals surface area contributed by atoms with Crippen LogP contribution in [0.15, 0.2) is 29.3 Å². The molecule has 0 atom stereocenters. The van der Waals surface area contributed by atoms with Crippen molar-refractivity contribution in [2.24, 2.45) is 4.99 Å². The van der Waals surface area contributed by atoms with Gasteiger partial charge in [-0.15, -0.1) is 0 Å². The van der Waals surface area contributed by atoms with Crippen LogP contribution in [0.5, 0.6) is 5.75 Å². The summed E-state index contributed by atoms with van der Waals surface area (Å²) in [6.45, 7) is 7.25. The molecule has 0 radical (unpaired) electrons. The summed E-state index contributed by atoms with van der Waals surface area (Å²) < 4.78 is 10.5. The molecular formula is C17H26N6O2. The molecule has 8 heteroatoms. The molecule has 0 fully saturated rings. The number of aromatic amines is 1. The quantitative estimate of drug-likeness (QED) is 0.362. The molecule has 2 aromatic rings. The molecule has 1 heterocycles. The highest BCUT2D eigenvalue weighted by Crippen LogP contribution is 2.18. The molecule has 0 aliphatic heterocycles. The highest BCUT2D eigenvalue weighted by atomic mass is 16.5. The number of benzene rings is 1. The number of guanidine groups is 1. The van der Waals surface area contributed by atoms with Gasteiger partial charge in [0, 0.05) is 25.3 Å². The Morgan fingerprint density at radius 3 is 2.68 bits per heavy atom. The number of aliphatic imine (C=N–C) groups is 1. The average Bonchev–Trinajstić information content (AvgIpc) is 3.12. The number of nitrogens with one attached hydrogen (secondary N) is 3. The van der Waals surface area contributed by atoms with E-state index in [-0.39, 0.29) is 0 Å². The van der Waals surface area contributed by atoms with E-state index in [1.54, 1.807) is 7.11 Å².